The molecular weight excluding hydrogens is 384 g/mol. The summed E-state index contributed by atoms with van der Waals surface area (Å²) in [6, 6.07) is 3.19. The van der Waals surface area contributed by atoms with Crippen molar-refractivity contribution in [2.24, 2.45) is 0 Å². The molecule has 0 spiro atoms. The molecule has 0 aliphatic carbocycles. The third-order valence-corrected chi connectivity index (χ3v) is 4.79. The van der Waals surface area contributed by atoms with Crippen LogP contribution in [0.25, 0.3) is 0 Å². The second kappa shape index (κ2) is 9.93. The summed E-state index contributed by atoms with van der Waals surface area (Å²) in [5, 5.41) is 2.25. The van der Waals surface area contributed by atoms with Gasteiger partial charge in [-0.05, 0) is 26.0 Å². The molecule has 1 amide bonds. The zero-order chi connectivity index (χ0) is 20.7. The normalized spacial score (nSPS) is 10.3. The number of aromatic nitrogens is 1. The van der Waals surface area contributed by atoms with Gasteiger partial charge in [0.15, 0.2) is 16.6 Å². The van der Waals surface area contributed by atoms with Crippen LogP contribution in [0.2, 0.25) is 0 Å². The van der Waals surface area contributed by atoms with Crippen molar-refractivity contribution in [3.8, 4) is 17.2 Å². The Balaban J connectivity index is 2.31. The van der Waals surface area contributed by atoms with Gasteiger partial charge >= 0.3 is 5.97 Å². The number of amides is 1. The zero-order valence-corrected chi connectivity index (χ0v) is 17.4. The first-order chi connectivity index (χ1) is 13.5. The Morgan fingerprint density at radius 2 is 1.71 bits per heavy atom. The van der Waals surface area contributed by atoms with E-state index in [1.165, 1.54) is 37.6 Å². The molecular formula is C19H24N2O6S. The van der Waals surface area contributed by atoms with E-state index in [1.807, 2.05) is 6.92 Å². The molecule has 0 radical (unpaired) electrons. The molecule has 1 aromatic heterocycles. The van der Waals surface area contributed by atoms with Crippen molar-refractivity contribution in [3.05, 3.63) is 28.8 Å². The Morgan fingerprint density at radius 3 is 2.21 bits per heavy atom. The van der Waals surface area contributed by atoms with E-state index >= 15 is 0 Å². The maximum atomic E-state index is 13.1. The van der Waals surface area contributed by atoms with Crippen LogP contribution in [0.3, 0.4) is 0 Å². The average Bonchev–Trinajstić information content (AvgIpc) is 3.15. The number of carbonyl (C=O) groups excluding carboxylic acids is 2. The molecule has 9 heteroatoms. The highest BCUT2D eigenvalue weighted by atomic mass is 32.1. The number of carbonyl (C=O) groups is 2. The van der Waals surface area contributed by atoms with Crippen LogP contribution in [0.15, 0.2) is 17.5 Å². The molecule has 0 aliphatic rings. The average molecular weight is 408 g/mol. The number of rotatable bonds is 9. The first-order valence-corrected chi connectivity index (χ1v) is 9.58. The third kappa shape index (κ3) is 4.72. The standard InChI is InChI=1S/C19H24N2O6S/c1-6-21(19-20-13(11-28-19)10-16(22)27-7-2)18(23)12-8-14(24-3)17(26-5)15(9-12)25-4/h8-9,11H,6-7,10H2,1-5H3. The smallest absolute Gasteiger partial charge is 0.311 e. The molecule has 8 nitrogen and oxygen atoms in total. The van der Waals surface area contributed by atoms with Gasteiger partial charge in [0.2, 0.25) is 5.75 Å². The summed E-state index contributed by atoms with van der Waals surface area (Å²) in [5.74, 6) is 0.583. The van der Waals surface area contributed by atoms with Gasteiger partial charge in [0.05, 0.1) is 40.1 Å². The Labute approximate surface area is 168 Å². The summed E-state index contributed by atoms with van der Waals surface area (Å²) >= 11 is 1.29. The molecule has 0 atom stereocenters. The van der Waals surface area contributed by atoms with Gasteiger partial charge in [0, 0.05) is 17.5 Å². The maximum Gasteiger partial charge on any atom is 0.311 e. The van der Waals surface area contributed by atoms with Crippen LogP contribution in [0.4, 0.5) is 5.13 Å². The fraction of sp³-hybridized carbons (Fsp3) is 0.421. The maximum absolute atomic E-state index is 13.1. The lowest BCUT2D eigenvalue weighted by molar-refractivity contribution is -0.142. The topological polar surface area (TPSA) is 87.2 Å². The fourth-order valence-electron chi connectivity index (χ4n) is 2.59. The molecule has 0 unspecified atom stereocenters. The molecule has 2 aromatic rings. The number of hydrogen-bond donors (Lipinski definition) is 0. The van der Waals surface area contributed by atoms with Crippen molar-refractivity contribution < 1.29 is 28.5 Å². The fourth-order valence-corrected chi connectivity index (χ4v) is 3.47. The number of ether oxygens (including phenoxy) is 4. The van der Waals surface area contributed by atoms with E-state index in [9.17, 15) is 9.59 Å². The summed E-state index contributed by atoms with van der Waals surface area (Å²) in [7, 11) is 4.48. The Bertz CT molecular complexity index is 811. The van der Waals surface area contributed by atoms with Crippen molar-refractivity contribution in [1.29, 1.82) is 0 Å². The Hall–Kier alpha value is -2.81. The van der Waals surface area contributed by atoms with E-state index in [-0.39, 0.29) is 18.3 Å². The lowest BCUT2D eigenvalue weighted by Crippen LogP contribution is -2.30. The van der Waals surface area contributed by atoms with E-state index in [1.54, 1.807) is 24.4 Å². The van der Waals surface area contributed by atoms with E-state index in [0.29, 0.717) is 46.8 Å². The number of nitrogens with zero attached hydrogens (tertiary/aromatic N) is 2. The van der Waals surface area contributed by atoms with E-state index < -0.39 is 0 Å². The van der Waals surface area contributed by atoms with Crippen molar-refractivity contribution >= 4 is 28.3 Å². The van der Waals surface area contributed by atoms with Gasteiger partial charge in [-0.3, -0.25) is 14.5 Å². The molecule has 2 rings (SSSR count). The van der Waals surface area contributed by atoms with Crippen molar-refractivity contribution in [1.82, 2.24) is 4.98 Å². The number of esters is 1. The molecule has 0 N–H and O–H groups in total. The summed E-state index contributed by atoms with van der Waals surface area (Å²) in [6.07, 6.45) is 0.0697. The highest BCUT2D eigenvalue weighted by Crippen LogP contribution is 2.38. The number of thiazole rings is 1. The molecule has 152 valence electrons. The van der Waals surface area contributed by atoms with Crippen LogP contribution in [-0.4, -0.2) is 51.3 Å². The molecule has 0 bridgehead atoms. The van der Waals surface area contributed by atoms with E-state index in [4.69, 9.17) is 18.9 Å². The molecule has 0 saturated heterocycles. The third-order valence-electron chi connectivity index (χ3n) is 3.87. The number of anilines is 1. The summed E-state index contributed by atoms with van der Waals surface area (Å²) in [5.41, 5.74) is 0.938. The van der Waals surface area contributed by atoms with Crippen LogP contribution < -0.4 is 19.1 Å². The van der Waals surface area contributed by atoms with Gasteiger partial charge in [0.1, 0.15) is 0 Å². The van der Waals surface area contributed by atoms with Gasteiger partial charge in [-0.2, -0.15) is 0 Å². The second-order valence-corrected chi connectivity index (χ2v) is 6.40. The number of benzene rings is 1. The Morgan fingerprint density at radius 1 is 1.07 bits per heavy atom. The molecule has 0 aliphatic heterocycles. The predicted octanol–water partition coefficient (Wildman–Crippen LogP) is 2.94. The largest absolute Gasteiger partial charge is 0.493 e. The van der Waals surface area contributed by atoms with Crippen molar-refractivity contribution in [2.45, 2.75) is 20.3 Å². The summed E-state index contributed by atoms with van der Waals surface area (Å²) in [4.78, 5) is 30.7. The lowest BCUT2D eigenvalue weighted by atomic mass is 10.1. The highest BCUT2D eigenvalue weighted by molar-refractivity contribution is 7.14. The van der Waals surface area contributed by atoms with Gasteiger partial charge in [-0.15, -0.1) is 11.3 Å². The van der Waals surface area contributed by atoms with Crippen LogP contribution >= 0.6 is 11.3 Å². The Kier molecular flexibility index (Phi) is 7.62. The summed E-state index contributed by atoms with van der Waals surface area (Å²) in [6.45, 7) is 4.32. The van der Waals surface area contributed by atoms with Gasteiger partial charge in [0.25, 0.3) is 5.91 Å². The van der Waals surface area contributed by atoms with Gasteiger partial charge < -0.3 is 18.9 Å². The minimum Gasteiger partial charge on any atom is -0.493 e. The van der Waals surface area contributed by atoms with Crippen LogP contribution in [0.5, 0.6) is 17.2 Å². The van der Waals surface area contributed by atoms with Gasteiger partial charge in [-0.1, -0.05) is 0 Å². The van der Waals surface area contributed by atoms with Crippen molar-refractivity contribution in [2.75, 3.05) is 39.4 Å². The van der Waals surface area contributed by atoms with Crippen molar-refractivity contribution in [3.63, 3.8) is 0 Å². The molecule has 1 heterocycles. The first kappa shape index (κ1) is 21.5. The van der Waals surface area contributed by atoms with Gasteiger partial charge in [-0.25, -0.2) is 4.98 Å². The summed E-state index contributed by atoms with van der Waals surface area (Å²) < 4.78 is 20.9. The quantitative estimate of drug-likeness (QED) is 0.590. The number of hydrogen-bond acceptors (Lipinski definition) is 8. The molecule has 0 fully saturated rings. The minimum atomic E-state index is -0.349. The first-order valence-electron chi connectivity index (χ1n) is 8.70. The SMILES string of the molecule is CCOC(=O)Cc1csc(N(CC)C(=O)c2cc(OC)c(OC)c(OC)c2)n1. The monoisotopic (exact) mass is 408 g/mol. The van der Waals surface area contributed by atoms with Crippen LogP contribution in [0.1, 0.15) is 29.9 Å². The molecule has 1 aromatic carbocycles. The van der Waals surface area contributed by atoms with E-state index in [0.717, 1.165) is 0 Å². The van der Waals surface area contributed by atoms with Crippen LogP contribution in [-0.2, 0) is 16.0 Å². The zero-order valence-electron chi connectivity index (χ0n) is 16.6. The molecule has 0 saturated carbocycles. The number of methoxy groups -OCH3 is 3. The lowest BCUT2D eigenvalue weighted by Gasteiger charge is -2.19. The van der Waals surface area contributed by atoms with Crippen LogP contribution in [0, 0.1) is 0 Å². The van der Waals surface area contributed by atoms with E-state index in [2.05, 4.69) is 4.98 Å². The second-order valence-electron chi connectivity index (χ2n) is 5.57. The minimum absolute atomic E-state index is 0.0697. The highest BCUT2D eigenvalue weighted by Gasteiger charge is 2.23. The predicted molar refractivity (Wildman–Crippen MR) is 106 cm³/mol. The molecule has 28 heavy (non-hydrogen) atoms.